The smallest absolute Gasteiger partial charge is 0.207 e. The minimum absolute atomic E-state index is 0.00912. The number of rotatable bonds is 6. The number of nitrogens with zero attached hydrogens (tertiary/aromatic N) is 1. The van der Waals surface area contributed by atoms with Crippen LogP contribution in [0.25, 0.3) is 0 Å². The summed E-state index contributed by atoms with van der Waals surface area (Å²) in [5, 5.41) is 0. The highest BCUT2D eigenvalue weighted by Gasteiger charge is 2.28. The molecule has 0 radical (unpaired) electrons. The Morgan fingerprint density at radius 2 is 1.80 bits per heavy atom. The van der Waals surface area contributed by atoms with Crippen LogP contribution >= 0.6 is 11.6 Å². The molecule has 1 aromatic carbocycles. The van der Waals surface area contributed by atoms with Crippen LogP contribution in [-0.4, -0.2) is 25.3 Å². The van der Waals surface area contributed by atoms with Crippen molar-refractivity contribution in [2.24, 2.45) is 0 Å². The average molecular weight is 318 g/mol. The molecule has 0 aliphatic rings. The molecule has 1 unspecified atom stereocenters. The Kier molecular flexibility index (Phi) is 6.05. The topological polar surface area (TPSA) is 37.4 Å². The molecule has 0 bridgehead atoms. The summed E-state index contributed by atoms with van der Waals surface area (Å²) in [5.41, 5.74) is 2.68. The fourth-order valence-corrected chi connectivity index (χ4v) is 4.61. The van der Waals surface area contributed by atoms with Crippen LogP contribution in [0.1, 0.15) is 43.9 Å². The molecule has 1 atom stereocenters. The van der Waals surface area contributed by atoms with E-state index in [0.717, 1.165) is 23.1 Å². The van der Waals surface area contributed by atoms with Crippen LogP contribution in [0.2, 0.25) is 0 Å². The summed E-state index contributed by atoms with van der Waals surface area (Å²) in [6.07, 6.45) is 0.792. The molecule has 20 heavy (non-hydrogen) atoms. The predicted octanol–water partition coefficient (Wildman–Crippen LogP) is 3.85. The number of sulfonamides is 1. The highest BCUT2D eigenvalue weighted by atomic mass is 35.5. The largest absolute Gasteiger partial charge is 0.243 e. The molecule has 114 valence electrons. The molecular formula is C15H24ClNO2S. The third kappa shape index (κ3) is 3.35. The summed E-state index contributed by atoms with van der Waals surface area (Å²) >= 11 is 5.90. The molecule has 1 aromatic rings. The Morgan fingerprint density at radius 3 is 2.25 bits per heavy atom. The summed E-state index contributed by atoms with van der Waals surface area (Å²) in [7, 11) is -3.47. The maximum Gasteiger partial charge on any atom is 0.243 e. The minimum atomic E-state index is -3.47. The molecule has 0 N–H and O–H groups in total. The number of alkyl halides is 1. The lowest BCUT2D eigenvalue weighted by Crippen LogP contribution is -2.38. The first-order valence-electron chi connectivity index (χ1n) is 6.97. The van der Waals surface area contributed by atoms with E-state index in [1.807, 2.05) is 40.7 Å². The second-order valence-electron chi connectivity index (χ2n) is 5.14. The number of hydrogen-bond donors (Lipinski definition) is 0. The molecule has 0 spiro atoms. The van der Waals surface area contributed by atoms with E-state index >= 15 is 0 Å². The van der Waals surface area contributed by atoms with Crippen LogP contribution in [0.4, 0.5) is 0 Å². The normalized spacial score (nSPS) is 13.8. The van der Waals surface area contributed by atoms with Crippen LogP contribution in [0, 0.1) is 13.8 Å². The van der Waals surface area contributed by atoms with Gasteiger partial charge in [-0.25, -0.2) is 8.42 Å². The molecule has 0 amide bonds. The molecular weight excluding hydrogens is 294 g/mol. The van der Waals surface area contributed by atoms with E-state index in [-0.39, 0.29) is 6.04 Å². The number of hydrogen-bond acceptors (Lipinski definition) is 2. The number of aryl methyl sites for hydroxylation is 2. The van der Waals surface area contributed by atoms with Gasteiger partial charge in [0.2, 0.25) is 10.0 Å². The van der Waals surface area contributed by atoms with Gasteiger partial charge in [0, 0.05) is 18.5 Å². The van der Waals surface area contributed by atoms with Gasteiger partial charge >= 0.3 is 0 Å². The molecule has 1 rings (SSSR count). The molecule has 0 aliphatic carbocycles. The first kappa shape index (κ1) is 17.5. The lowest BCUT2D eigenvalue weighted by atomic mass is 10.1. The summed E-state index contributed by atoms with van der Waals surface area (Å²) in [4.78, 5) is 0.376. The van der Waals surface area contributed by atoms with Crippen molar-refractivity contribution in [1.82, 2.24) is 4.31 Å². The van der Waals surface area contributed by atoms with Gasteiger partial charge in [-0.15, -0.1) is 11.6 Å². The van der Waals surface area contributed by atoms with Gasteiger partial charge < -0.3 is 0 Å². The maximum atomic E-state index is 12.8. The van der Waals surface area contributed by atoms with E-state index in [2.05, 4.69) is 0 Å². The highest BCUT2D eigenvalue weighted by Crippen LogP contribution is 2.26. The zero-order valence-electron chi connectivity index (χ0n) is 12.9. The predicted molar refractivity (Wildman–Crippen MR) is 84.8 cm³/mol. The second kappa shape index (κ2) is 6.92. The highest BCUT2D eigenvalue weighted by molar-refractivity contribution is 7.89. The first-order chi connectivity index (χ1) is 9.29. The fourth-order valence-electron chi connectivity index (χ4n) is 2.34. The van der Waals surface area contributed by atoms with Crippen LogP contribution < -0.4 is 0 Å². The SMILES string of the molecule is CCC(C)N(CC)S(=O)(=O)c1cc(CCl)c(C)cc1C. The molecule has 0 aromatic heterocycles. The van der Waals surface area contributed by atoms with Crippen molar-refractivity contribution >= 4 is 21.6 Å². The van der Waals surface area contributed by atoms with Gasteiger partial charge in [-0.3, -0.25) is 0 Å². The van der Waals surface area contributed by atoms with Gasteiger partial charge in [-0.2, -0.15) is 4.31 Å². The van der Waals surface area contributed by atoms with Gasteiger partial charge in [-0.05, 0) is 49.9 Å². The molecule has 0 heterocycles. The summed E-state index contributed by atoms with van der Waals surface area (Å²) in [6, 6.07) is 3.61. The third-order valence-electron chi connectivity index (χ3n) is 3.76. The number of benzene rings is 1. The van der Waals surface area contributed by atoms with E-state index < -0.39 is 10.0 Å². The second-order valence-corrected chi connectivity index (χ2v) is 7.27. The van der Waals surface area contributed by atoms with E-state index in [9.17, 15) is 8.42 Å². The van der Waals surface area contributed by atoms with Gasteiger partial charge in [0.25, 0.3) is 0 Å². The van der Waals surface area contributed by atoms with Crippen LogP contribution in [0.5, 0.6) is 0 Å². The van der Waals surface area contributed by atoms with E-state index in [1.165, 1.54) is 0 Å². The summed E-state index contributed by atoms with van der Waals surface area (Å²) < 4.78 is 27.3. The quantitative estimate of drug-likeness (QED) is 0.747. The first-order valence-corrected chi connectivity index (χ1v) is 8.94. The van der Waals surface area contributed by atoms with Gasteiger partial charge in [0.05, 0.1) is 4.90 Å². The average Bonchev–Trinajstić information content (AvgIpc) is 2.38. The van der Waals surface area contributed by atoms with Gasteiger partial charge in [-0.1, -0.05) is 19.9 Å². The minimum Gasteiger partial charge on any atom is -0.207 e. The number of halogens is 1. The van der Waals surface area contributed by atoms with Crippen LogP contribution in [-0.2, 0) is 15.9 Å². The monoisotopic (exact) mass is 317 g/mol. The molecule has 0 fully saturated rings. The van der Waals surface area contributed by atoms with Crippen molar-refractivity contribution < 1.29 is 8.42 Å². The maximum absolute atomic E-state index is 12.8. The Morgan fingerprint density at radius 1 is 1.20 bits per heavy atom. The Balaban J connectivity index is 3.41. The zero-order valence-corrected chi connectivity index (χ0v) is 14.5. The van der Waals surface area contributed by atoms with Crippen molar-refractivity contribution in [2.45, 2.75) is 57.9 Å². The third-order valence-corrected chi connectivity index (χ3v) is 6.28. The van der Waals surface area contributed by atoms with Gasteiger partial charge in [0.15, 0.2) is 0 Å². The van der Waals surface area contributed by atoms with E-state index in [1.54, 1.807) is 10.4 Å². The molecule has 0 saturated heterocycles. The van der Waals surface area contributed by atoms with Crippen LogP contribution in [0.3, 0.4) is 0 Å². The summed E-state index contributed by atoms with van der Waals surface area (Å²) in [5.74, 6) is 0.324. The van der Waals surface area contributed by atoms with Crippen molar-refractivity contribution in [1.29, 1.82) is 0 Å². The molecule has 0 aliphatic heterocycles. The van der Waals surface area contributed by atoms with Crippen LogP contribution in [0.15, 0.2) is 17.0 Å². The van der Waals surface area contributed by atoms with Gasteiger partial charge in [0.1, 0.15) is 0 Å². The lowest BCUT2D eigenvalue weighted by molar-refractivity contribution is 0.342. The molecule has 0 saturated carbocycles. The Hall–Kier alpha value is -0.580. The zero-order chi connectivity index (χ0) is 15.5. The Bertz CT molecular complexity index is 569. The van der Waals surface area contributed by atoms with E-state index in [4.69, 9.17) is 11.6 Å². The molecule has 3 nitrogen and oxygen atoms in total. The lowest BCUT2D eigenvalue weighted by Gasteiger charge is -2.27. The summed E-state index contributed by atoms with van der Waals surface area (Å²) in [6.45, 7) is 10.1. The van der Waals surface area contributed by atoms with Crippen molar-refractivity contribution in [2.75, 3.05) is 6.54 Å². The van der Waals surface area contributed by atoms with E-state index in [0.29, 0.717) is 17.3 Å². The van der Waals surface area contributed by atoms with Crippen molar-refractivity contribution in [3.05, 3.63) is 28.8 Å². The Labute approximate surface area is 128 Å². The fraction of sp³-hybridized carbons (Fsp3) is 0.600. The molecule has 5 heteroatoms. The standard InChI is InChI=1S/C15H24ClNO2S/c1-6-13(5)17(7-2)20(18,19)15-9-14(10-16)11(3)8-12(15)4/h8-9,13H,6-7,10H2,1-5H3. The van der Waals surface area contributed by atoms with Crippen molar-refractivity contribution in [3.63, 3.8) is 0 Å². The van der Waals surface area contributed by atoms with Crippen molar-refractivity contribution in [3.8, 4) is 0 Å².